The molecule has 0 aliphatic carbocycles. The van der Waals surface area contributed by atoms with Crippen LogP contribution in [0.15, 0.2) is 24.3 Å². The molecule has 1 saturated heterocycles. The molecule has 0 aromatic heterocycles. The second kappa shape index (κ2) is 48.5. The molecule has 1 heterocycles. The number of carbonyl (C=O) groups excluding carboxylic acids is 3. The highest BCUT2D eigenvalue weighted by atomic mass is 16.7. The van der Waals surface area contributed by atoms with Crippen LogP contribution in [0.3, 0.4) is 0 Å². The number of rotatable bonds is 48. The van der Waals surface area contributed by atoms with Crippen molar-refractivity contribution in [3.8, 4) is 0 Å². The molecule has 0 amide bonds. The normalized spacial score (nSPS) is 14.9. The Morgan fingerprint density at radius 3 is 1.64 bits per heavy atom. The van der Waals surface area contributed by atoms with E-state index in [1.165, 1.54) is 89.9 Å². The minimum absolute atomic E-state index is 0.0416. The summed E-state index contributed by atoms with van der Waals surface area (Å²) in [6.07, 6.45) is 37.0. The lowest BCUT2D eigenvalue weighted by Gasteiger charge is -2.31. The monoisotopic (exact) mass is 952 g/mol. The van der Waals surface area contributed by atoms with E-state index >= 15 is 0 Å². The quantitative estimate of drug-likeness (QED) is 0.0189. The molecule has 0 radical (unpaired) electrons. The van der Waals surface area contributed by atoms with Crippen LogP contribution in [0.2, 0.25) is 0 Å². The zero-order valence-electron chi connectivity index (χ0n) is 43.5. The Hall–Kier alpha value is -2.51. The average molecular weight is 952 g/mol. The number of piperidine rings is 1. The molecule has 12 nitrogen and oxygen atoms in total. The molecule has 0 aromatic rings. The largest absolute Gasteiger partial charge is 0.508 e. The number of hydrogen-bond acceptors (Lipinski definition) is 12. The summed E-state index contributed by atoms with van der Waals surface area (Å²) in [6.45, 7) is 14.8. The van der Waals surface area contributed by atoms with Crippen LogP contribution in [0.1, 0.15) is 207 Å². The van der Waals surface area contributed by atoms with Crippen LogP contribution in [0.25, 0.3) is 0 Å². The van der Waals surface area contributed by atoms with Crippen LogP contribution in [0.5, 0.6) is 0 Å². The summed E-state index contributed by atoms with van der Waals surface area (Å²) in [6, 6.07) is 0. The third kappa shape index (κ3) is 42.1. The number of unbranched alkanes of at least 4 members (excludes halogenated alkanes) is 18. The van der Waals surface area contributed by atoms with Crippen LogP contribution in [0, 0.1) is 11.8 Å². The van der Waals surface area contributed by atoms with Gasteiger partial charge in [0.1, 0.15) is 19.8 Å². The molecule has 2 unspecified atom stereocenters. The van der Waals surface area contributed by atoms with Gasteiger partial charge in [0.2, 0.25) is 0 Å². The highest BCUT2D eigenvalue weighted by Gasteiger charge is 2.23. The summed E-state index contributed by atoms with van der Waals surface area (Å²) in [5, 5.41) is 0. The van der Waals surface area contributed by atoms with Gasteiger partial charge in [0.25, 0.3) is 0 Å². The first-order chi connectivity index (χ1) is 32.9. The molecular weight excluding hydrogens is 851 g/mol. The van der Waals surface area contributed by atoms with E-state index in [4.69, 9.17) is 37.9 Å². The standard InChI is InChI=1S/C55H101NO11/c1-5-9-12-15-18-19-20-21-22-23-24-25-26-27-30-35-52(57)64-47-51(49-67-55(59)66-46-50-34-33-38-56(8-4)45-50)48-65-53(58)36-37-54(62-43-41-60-39-31-28-16-13-10-6-2)63-44-42-61-40-32-29-17-14-11-7-3/h18-19,21-22,50-51,54H,5-17,20,23-49H2,1-4H3/b19-18-,22-21-. The molecule has 0 spiro atoms. The summed E-state index contributed by atoms with van der Waals surface area (Å²) >= 11 is 0. The minimum atomic E-state index is -0.773. The van der Waals surface area contributed by atoms with Gasteiger partial charge in [-0.2, -0.15) is 0 Å². The van der Waals surface area contributed by atoms with Gasteiger partial charge in [-0.1, -0.05) is 148 Å². The van der Waals surface area contributed by atoms with Crippen molar-refractivity contribution in [3.05, 3.63) is 24.3 Å². The van der Waals surface area contributed by atoms with E-state index in [-0.39, 0.29) is 38.1 Å². The molecule has 12 heteroatoms. The molecule has 392 valence electrons. The number of nitrogens with zero attached hydrogens (tertiary/aromatic N) is 1. The van der Waals surface area contributed by atoms with Crippen LogP contribution in [-0.2, 0) is 47.5 Å². The van der Waals surface area contributed by atoms with Gasteiger partial charge in [-0.3, -0.25) is 9.59 Å². The third-order valence-electron chi connectivity index (χ3n) is 12.1. The number of allylic oxidation sites excluding steroid dienone is 4. The molecule has 1 aliphatic rings. The molecule has 2 atom stereocenters. The highest BCUT2D eigenvalue weighted by molar-refractivity contribution is 5.69. The first-order valence-electron chi connectivity index (χ1n) is 27.4. The Labute approximate surface area is 409 Å². The maximum Gasteiger partial charge on any atom is 0.508 e. The van der Waals surface area contributed by atoms with Crippen molar-refractivity contribution >= 4 is 18.1 Å². The molecule has 1 fully saturated rings. The van der Waals surface area contributed by atoms with Gasteiger partial charge >= 0.3 is 18.1 Å². The molecule has 0 saturated carbocycles. The number of esters is 2. The van der Waals surface area contributed by atoms with Crippen molar-refractivity contribution in [1.82, 2.24) is 4.90 Å². The number of ether oxygens (including phenoxy) is 8. The summed E-state index contributed by atoms with van der Waals surface area (Å²) in [5.74, 6) is -1.05. The zero-order chi connectivity index (χ0) is 48.5. The lowest BCUT2D eigenvalue weighted by molar-refractivity contribution is -0.168. The second-order valence-electron chi connectivity index (χ2n) is 18.5. The van der Waals surface area contributed by atoms with Crippen LogP contribution in [0.4, 0.5) is 4.79 Å². The SMILES string of the molecule is CCCCC/C=C\C/C=C\CCCCCCCC(=O)OCC(COC(=O)CCC(OCCOCCCCCCCC)OCCOCCCCCCCC)COC(=O)OCC1CCCN(CC)C1. The van der Waals surface area contributed by atoms with E-state index in [0.717, 1.165) is 90.3 Å². The maximum atomic E-state index is 13.1. The lowest BCUT2D eigenvalue weighted by atomic mass is 9.99. The van der Waals surface area contributed by atoms with Crippen LogP contribution < -0.4 is 0 Å². The average Bonchev–Trinajstić information content (AvgIpc) is 3.34. The third-order valence-corrected chi connectivity index (χ3v) is 12.1. The summed E-state index contributed by atoms with van der Waals surface area (Å²) < 4.78 is 45.9. The molecule has 1 aliphatic heterocycles. The van der Waals surface area contributed by atoms with Crippen molar-refractivity contribution in [2.75, 3.05) is 85.7 Å². The van der Waals surface area contributed by atoms with E-state index in [1.54, 1.807) is 0 Å². The topological polar surface area (TPSA) is 128 Å². The fourth-order valence-corrected chi connectivity index (χ4v) is 7.88. The molecule has 1 rings (SSSR count). The highest BCUT2D eigenvalue weighted by Crippen LogP contribution is 2.17. The first kappa shape index (κ1) is 62.5. The second-order valence-corrected chi connectivity index (χ2v) is 18.5. The summed E-state index contributed by atoms with van der Waals surface area (Å²) in [4.78, 5) is 40.8. The predicted octanol–water partition coefficient (Wildman–Crippen LogP) is 13.3. The van der Waals surface area contributed by atoms with Crippen molar-refractivity contribution in [3.63, 3.8) is 0 Å². The fourth-order valence-electron chi connectivity index (χ4n) is 7.88. The Morgan fingerprint density at radius 2 is 1.04 bits per heavy atom. The van der Waals surface area contributed by atoms with E-state index in [0.29, 0.717) is 59.1 Å². The van der Waals surface area contributed by atoms with Crippen molar-refractivity contribution in [2.45, 2.75) is 214 Å². The summed E-state index contributed by atoms with van der Waals surface area (Å²) in [7, 11) is 0. The predicted molar refractivity (Wildman–Crippen MR) is 270 cm³/mol. The smallest absolute Gasteiger partial charge is 0.465 e. The first-order valence-corrected chi connectivity index (χ1v) is 27.4. The van der Waals surface area contributed by atoms with Gasteiger partial charge in [0.15, 0.2) is 6.29 Å². The van der Waals surface area contributed by atoms with Gasteiger partial charge in [0.05, 0.1) is 45.4 Å². The lowest BCUT2D eigenvalue weighted by Crippen LogP contribution is -2.37. The van der Waals surface area contributed by atoms with Gasteiger partial charge in [-0.15, -0.1) is 0 Å². The molecule has 67 heavy (non-hydrogen) atoms. The van der Waals surface area contributed by atoms with Crippen LogP contribution in [-0.4, -0.2) is 115 Å². The minimum Gasteiger partial charge on any atom is -0.465 e. The van der Waals surface area contributed by atoms with E-state index in [9.17, 15) is 14.4 Å². The van der Waals surface area contributed by atoms with Gasteiger partial charge in [-0.05, 0) is 77.3 Å². The van der Waals surface area contributed by atoms with Gasteiger partial charge in [0, 0.05) is 38.5 Å². The number of hydrogen-bond donors (Lipinski definition) is 0. The molecular formula is C55H101NO11. The Bertz CT molecular complexity index is 1160. The van der Waals surface area contributed by atoms with Gasteiger partial charge in [-0.25, -0.2) is 4.79 Å². The van der Waals surface area contributed by atoms with E-state index in [2.05, 4.69) is 56.9 Å². The van der Waals surface area contributed by atoms with Crippen molar-refractivity contribution in [2.24, 2.45) is 11.8 Å². The van der Waals surface area contributed by atoms with Crippen LogP contribution >= 0.6 is 0 Å². The zero-order valence-corrected chi connectivity index (χ0v) is 43.5. The fraction of sp³-hybridized carbons (Fsp3) is 0.873. The van der Waals surface area contributed by atoms with Crippen molar-refractivity contribution in [1.29, 1.82) is 0 Å². The molecule has 0 N–H and O–H groups in total. The number of likely N-dealkylation sites (tertiary alicyclic amines) is 1. The Morgan fingerprint density at radius 1 is 0.537 bits per heavy atom. The molecule has 0 bridgehead atoms. The Kier molecular flexibility index (Phi) is 45.3. The molecule has 0 aromatic carbocycles. The summed E-state index contributed by atoms with van der Waals surface area (Å²) in [5.41, 5.74) is 0. The number of carbonyl (C=O) groups is 3. The van der Waals surface area contributed by atoms with E-state index in [1.807, 2.05) is 0 Å². The van der Waals surface area contributed by atoms with Crippen molar-refractivity contribution < 1.29 is 52.3 Å². The van der Waals surface area contributed by atoms with Gasteiger partial charge < -0.3 is 42.8 Å². The maximum absolute atomic E-state index is 13.1. The van der Waals surface area contributed by atoms with E-state index < -0.39 is 24.3 Å². The Balaban J connectivity index is 2.58.